The molecule has 8 heteroatoms. The molecule has 1 unspecified atom stereocenters. The maximum Gasteiger partial charge on any atom is 0.307 e. The highest BCUT2D eigenvalue weighted by molar-refractivity contribution is 7.93. The van der Waals surface area contributed by atoms with E-state index in [9.17, 15) is 28.2 Å². The molecular weight excluding hydrogens is 370 g/mol. The molecule has 1 aromatic rings. The summed E-state index contributed by atoms with van der Waals surface area (Å²) in [4.78, 5) is 25.9. The third-order valence-electron chi connectivity index (χ3n) is 5.14. The number of carboxylic acid groups (broad SMARTS) is 1. The molecule has 0 aromatic heterocycles. The Balaban J connectivity index is 2.16. The van der Waals surface area contributed by atoms with Gasteiger partial charge in [0.25, 0.3) is 0 Å². The zero-order valence-corrected chi connectivity index (χ0v) is 16.5. The Morgan fingerprint density at radius 2 is 1.74 bits per heavy atom. The first-order chi connectivity index (χ1) is 12.5. The summed E-state index contributed by atoms with van der Waals surface area (Å²) in [6.07, 6.45) is 0.424. The topological polar surface area (TPSA) is 112 Å². The monoisotopic (exact) mass is 397 g/mol. The van der Waals surface area contributed by atoms with Gasteiger partial charge in [0.1, 0.15) is 4.75 Å². The molecule has 1 atom stereocenters. The van der Waals surface area contributed by atoms with Crippen molar-refractivity contribution >= 4 is 21.7 Å². The van der Waals surface area contributed by atoms with E-state index in [-0.39, 0.29) is 6.42 Å². The van der Waals surface area contributed by atoms with Crippen molar-refractivity contribution in [3.63, 3.8) is 0 Å². The number of likely N-dealkylation sites (tertiary alicyclic amines) is 1. The van der Waals surface area contributed by atoms with Gasteiger partial charge in [-0.05, 0) is 38.7 Å². The Morgan fingerprint density at radius 1 is 1.19 bits per heavy atom. The molecule has 2 rings (SSSR count). The average Bonchev–Trinajstić information content (AvgIpc) is 2.61. The number of hydrogen-bond donors (Lipinski definition) is 2. The first kappa shape index (κ1) is 21.4. The van der Waals surface area contributed by atoms with Crippen molar-refractivity contribution < 1.29 is 28.2 Å². The average molecular weight is 397 g/mol. The van der Waals surface area contributed by atoms with Gasteiger partial charge >= 0.3 is 5.97 Å². The van der Waals surface area contributed by atoms with Gasteiger partial charge in [-0.15, -0.1) is 0 Å². The fraction of sp³-hybridized carbons (Fsp3) is 0.579. The summed E-state index contributed by atoms with van der Waals surface area (Å²) in [6.45, 7) is 3.25. The van der Waals surface area contributed by atoms with Gasteiger partial charge in [-0.3, -0.25) is 9.59 Å². The molecule has 1 aromatic carbocycles. The van der Waals surface area contributed by atoms with E-state index in [2.05, 4.69) is 0 Å². The van der Waals surface area contributed by atoms with Gasteiger partial charge in [0.05, 0.1) is 17.8 Å². The van der Waals surface area contributed by atoms with Crippen LogP contribution in [0, 0.1) is 5.92 Å². The minimum absolute atomic E-state index is 0.0789. The molecule has 7 nitrogen and oxygen atoms in total. The van der Waals surface area contributed by atoms with E-state index < -0.39 is 44.2 Å². The molecule has 0 saturated carbocycles. The van der Waals surface area contributed by atoms with E-state index in [0.717, 1.165) is 5.56 Å². The van der Waals surface area contributed by atoms with Crippen molar-refractivity contribution in [2.75, 3.05) is 18.8 Å². The lowest BCUT2D eigenvalue weighted by atomic mass is 10.0. The molecule has 1 saturated heterocycles. The second-order valence-electron chi connectivity index (χ2n) is 7.54. The van der Waals surface area contributed by atoms with Gasteiger partial charge in [0, 0.05) is 13.1 Å². The second-order valence-corrected chi connectivity index (χ2v) is 10.1. The maximum absolute atomic E-state index is 12.9. The van der Waals surface area contributed by atoms with Crippen LogP contribution in [0.5, 0.6) is 0 Å². The minimum Gasteiger partial charge on any atom is -0.481 e. The molecule has 0 spiro atoms. The minimum atomic E-state index is -4.02. The Bertz CT molecular complexity index is 767. The number of aliphatic hydroxyl groups excluding tert-OH is 1. The summed E-state index contributed by atoms with van der Waals surface area (Å²) in [5, 5.41) is 19.1. The maximum atomic E-state index is 12.9. The summed E-state index contributed by atoms with van der Waals surface area (Å²) < 4.78 is 24.2. The highest BCUT2D eigenvalue weighted by atomic mass is 32.2. The second kappa shape index (κ2) is 8.39. The van der Waals surface area contributed by atoms with Crippen molar-refractivity contribution in [1.82, 2.24) is 4.90 Å². The van der Waals surface area contributed by atoms with Crippen molar-refractivity contribution in [3.05, 3.63) is 35.9 Å². The van der Waals surface area contributed by atoms with Gasteiger partial charge in [-0.1, -0.05) is 30.3 Å². The van der Waals surface area contributed by atoms with Crippen molar-refractivity contribution in [2.45, 2.75) is 44.0 Å². The van der Waals surface area contributed by atoms with Gasteiger partial charge in [0.15, 0.2) is 9.84 Å². The van der Waals surface area contributed by atoms with Crippen molar-refractivity contribution in [1.29, 1.82) is 0 Å². The Morgan fingerprint density at radius 3 is 2.26 bits per heavy atom. The molecule has 1 fully saturated rings. The third-order valence-corrected chi connectivity index (χ3v) is 7.71. The lowest BCUT2D eigenvalue weighted by Gasteiger charge is -2.35. The number of benzene rings is 1. The van der Waals surface area contributed by atoms with Gasteiger partial charge in [0.2, 0.25) is 5.91 Å². The molecule has 0 aliphatic carbocycles. The predicted octanol–water partition coefficient (Wildman–Crippen LogP) is 1.11. The van der Waals surface area contributed by atoms with Crippen LogP contribution in [0.1, 0.15) is 32.3 Å². The number of amides is 1. The number of nitrogens with zero attached hydrogens (tertiary/aromatic N) is 1. The molecule has 150 valence electrons. The molecule has 1 amide bonds. The quantitative estimate of drug-likeness (QED) is 0.713. The van der Waals surface area contributed by atoms with E-state index >= 15 is 0 Å². The number of aliphatic hydroxyl groups is 1. The number of carbonyl (C=O) groups is 2. The van der Waals surface area contributed by atoms with E-state index in [0.29, 0.717) is 25.9 Å². The molecule has 1 aliphatic heterocycles. The number of carbonyl (C=O) groups excluding carboxylic acids is 1. The highest BCUT2D eigenvalue weighted by Crippen LogP contribution is 2.26. The normalized spacial score (nSPS) is 17.5. The van der Waals surface area contributed by atoms with Crippen LogP contribution in [-0.2, 0) is 25.8 Å². The molecule has 1 aliphatic rings. The van der Waals surface area contributed by atoms with Crippen molar-refractivity contribution in [3.8, 4) is 0 Å². The largest absolute Gasteiger partial charge is 0.481 e. The Hall–Kier alpha value is -1.93. The SMILES string of the molecule is CC(C)(C(=O)N1CCC(O)CC1)S(=O)(=O)CC(Cc1ccccc1)C(=O)O. The van der Waals surface area contributed by atoms with Crippen LogP contribution in [-0.4, -0.2) is 65.1 Å². The number of rotatable bonds is 7. The fourth-order valence-corrected chi connectivity index (χ4v) is 4.77. The van der Waals surface area contributed by atoms with Gasteiger partial charge in [-0.2, -0.15) is 0 Å². The summed E-state index contributed by atoms with van der Waals surface area (Å²) in [7, 11) is -4.02. The first-order valence-electron chi connectivity index (χ1n) is 9.01. The number of piperidine rings is 1. The molecule has 1 heterocycles. The van der Waals surface area contributed by atoms with Gasteiger partial charge in [-0.25, -0.2) is 8.42 Å². The standard InChI is InChI=1S/C19H27NO6S/c1-19(2,18(24)20-10-8-16(21)9-11-20)27(25,26)13-15(17(22)23)12-14-6-4-3-5-7-14/h3-7,15-16,21H,8-13H2,1-2H3,(H,22,23). The Kier molecular flexibility index (Phi) is 6.64. The van der Waals surface area contributed by atoms with Crippen LogP contribution in [0.15, 0.2) is 30.3 Å². The number of sulfone groups is 1. The summed E-state index contributed by atoms with van der Waals surface area (Å²) in [5.41, 5.74) is 0.731. The van der Waals surface area contributed by atoms with E-state index in [4.69, 9.17) is 0 Å². The van der Waals surface area contributed by atoms with Crippen LogP contribution in [0.3, 0.4) is 0 Å². The lowest BCUT2D eigenvalue weighted by molar-refractivity contribution is -0.141. The van der Waals surface area contributed by atoms with Crippen LogP contribution >= 0.6 is 0 Å². The molecule has 2 N–H and O–H groups in total. The number of hydrogen-bond acceptors (Lipinski definition) is 5. The zero-order chi connectivity index (χ0) is 20.2. The molecule has 27 heavy (non-hydrogen) atoms. The summed E-state index contributed by atoms with van der Waals surface area (Å²) in [6, 6.07) is 8.82. The molecular formula is C19H27NO6S. The van der Waals surface area contributed by atoms with E-state index in [1.807, 2.05) is 0 Å². The van der Waals surface area contributed by atoms with Crippen LogP contribution < -0.4 is 0 Å². The zero-order valence-electron chi connectivity index (χ0n) is 15.7. The Labute approximate surface area is 159 Å². The predicted molar refractivity (Wildman–Crippen MR) is 101 cm³/mol. The van der Waals surface area contributed by atoms with Gasteiger partial charge < -0.3 is 15.1 Å². The highest BCUT2D eigenvalue weighted by Gasteiger charge is 2.46. The molecule has 0 bridgehead atoms. The lowest BCUT2D eigenvalue weighted by Crippen LogP contribution is -2.54. The van der Waals surface area contributed by atoms with Crippen LogP contribution in [0.2, 0.25) is 0 Å². The summed E-state index contributed by atoms with van der Waals surface area (Å²) in [5.74, 6) is -3.48. The number of aliphatic carboxylic acids is 1. The fourth-order valence-electron chi connectivity index (χ4n) is 3.17. The third kappa shape index (κ3) is 5.07. The van der Waals surface area contributed by atoms with Crippen LogP contribution in [0.25, 0.3) is 0 Å². The number of carboxylic acids is 1. The smallest absolute Gasteiger partial charge is 0.307 e. The van der Waals surface area contributed by atoms with Crippen LogP contribution in [0.4, 0.5) is 0 Å². The van der Waals surface area contributed by atoms with E-state index in [1.165, 1.54) is 18.7 Å². The first-order valence-corrected chi connectivity index (χ1v) is 10.7. The van der Waals surface area contributed by atoms with E-state index in [1.54, 1.807) is 30.3 Å². The summed E-state index contributed by atoms with van der Waals surface area (Å²) >= 11 is 0. The van der Waals surface area contributed by atoms with Crippen molar-refractivity contribution in [2.24, 2.45) is 5.92 Å². The molecule has 0 radical (unpaired) electrons.